The highest BCUT2D eigenvalue weighted by Crippen LogP contribution is 2.31. The minimum atomic E-state index is -0.477. The summed E-state index contributed by atoms with van der Waals surface area (Å²) in [5.74, 6) is -0.794. The van der Waals surface area contributed by atoms with Crippen molar-refractivity contribution < 1.29 is 23.5 Å². The summed E-state index contributed by atoms with van der Waals surface area (Å²) < 4.78 is 20.5. The normalized spacial score (nSPS) is 23.8. The van der Waals surface area contributed by atoms with Gasteiger partial charge in [0.2, 0.25) is 11.8 Å². The van der Waals surface area contributed by atoms with E-state index in [9.17, 15) is 14.4 Å². The molecule has 2 N–H and O–H groups in total. The van der Waals surface area contributed by atoms with Gasteiger partial charge < -0.3 is 19.9 Å². The van der Waals surface area contributed by atoms with Gasteiger partial charge in [0.15, 0.2) is 0 Å². The van der Waals surface area contributed by atoms with Crippen LogP contribution in [0.15, 0.2) is 48.5 Å². The van der Waals surface area contributed by atoms with Gasteiger partial charge in [-0.05, 0) is 81.2 Å². The van der Waals surface area contributed by atoms with Crippen molar-refractivity contribution >= 4 is 23.6 Å². The van der Waals surface area contributed by atoms with Crippen LogP contribution in [0.4, 0.5) is 14.9 Å². The van der Waals surface area contributed by atoms with E-state index in [1.54, 1.807) is 6.07 Å². The average molecular weight is 565 g/mol. The molecule has 0 bridgehead atoms. The van der Waals surface area contributed by atoms with Crippen molar-refractivity contribution in [1.29, 1.82) is 0 Å². The number of piperidine rings is 2. The Morgan fingerprint density at radius 2 is 1.76 bits per heavy atom. The predicted octanol–water partition coefficient (Wildman–Crippen LogP) is 4.73. The highest BCUT2D eigenvalue weighted by Gasteiger charge is 2.30. The third-order valence-electron chi connectivity index (χ3n) is 8.97. The maximum atomic E-state index is 15.1. The number of hydrogen-bond acceptors (Lipinski definition) is 6. The van der Waals surface area contributed by atoms with Crippen molar-refractivity contribution in [1.82, 2.24) is 15.5 Å². The number of imide groups is 1. The molecule has 2 aromatic rings. The van der Waals surface area contributed by atoms with Crippen LogP contribution in [0.5, 0.6) is 0 Å². The van der Waals surface area contributed by atoms with Crippen LogP contribution in [0.2, 0.25) is 0 Å². The van der Waals surface area contributed by atoms with Crippen molar-refractivity contribution in [2.45, 2.75) is 76.0 Å². The van der Waals surface area contributed by atoms with Gasteiger partial charge in [-0.15, -0.1) is 0 Å². The van der Waals surface area contributed by atoms with E-state index in [-0.39, 0.29) is 42.8 Å². The molecule has 1 saturated carbocycles. The van der Waals surface area contributed by atoms with E-state index in [4.69, 9.17) is 4.74 Å². The topological polar surface area (TPSA) is 91.0 Å². The summed E-state index contributed by atoms with van der Waals surface area (Å²) in [5.41, 5.74) is 2.18. The molecular weight excluding hydrogens is 523 g/mol. The Balaban J connectivity index is 1.02. The number of nitrogens with zero attached hydrogens (tertiary/aromatic N) is 2. The molecule has 8 nitrogen and oxygen atoms in total. The van der Waals surface area contributed by atoms with Crippen LogP contribution in [-0.2, 0) is 20.9 Å². The number of amides is 3. The molecule has 2 aliphatic heterocycles. The zero-order valence-corrected chi connectivity index (χ0v) is 23.8. The Hall–Kier alpha value is -3.46. The number of carbonyl (C=O) groups is 3. The first-order valence-electron chi connectivity index (χ1n) is 14.9. The molecule has 1 aliphatic carbocycles. The molecule has 2 aromatic carbocycles. The van der Waals surface area contributed by atoms with Crippen LogP contribution >= 0.6 is 0 Å². The number of ether oxygens (including phenoxy) is 1. The van der Waals surface area contributed by atoms with Gasteiger partial charge in [0, 0.05) is 38.1 Å². The Morgan fingerprint density at radius 3 is 2.44 bits per heavy atom. The number of benzene rings is 2. The molecule has 0 radical (unpaired) electrons. The van der Waals surface area contributed by atoms with Crippen LogP contribution < -0.4 is 15.5 Å². The third kappa shape index (κ3) is 7.64. The molecule has 0 spiro atoms. The minimum Gasteiger partial charge on any atom is -0.445 e. The Labute approximate surface area is 241 Å². The quantitative estimate of drug-likeness (QED) is 0.451. The Bertz CT molecular complexity index is 1210. The lowest BCUT2D eigenvalue weighted by atomic mass is 9.85. The van der Waals surface area contributed by atoms with E-state index in [1.165, 1.54) is 6.07 Å². The summed E-state index contributed by atoms with van der Waals surface area (Å²) in [7, 11) is 2.20. The smallest absolute Gasteiger partial charge is 0.407 e. The number of nitrogens with one attached hydrogen (secondary N) is 2. The van der Waals surface area contributed by atoms with Crippen molar-refractivity contribution in [2.24, 2.45) is 5.92 Å². The van der Waals surface area contributed by atoms with Crippen LogP contribution in [0.25, 0.3) is 0 Å². The second kappa shape index (κ2) is 13.5. The van der Waals surface area contributed by atoms with E-state index in [1.807, 2.05) is 36.4 Å². The molecule has 1 atom stereocenters. The van der Waals surface area contributed by atoms with Crippen LogP contribution in [-0.4, -0.2) is 61.6 Å². The van der Waals surface area contributed by atoms with E-state index >= 15 is 4.39 Å². The van der Waals surface area contributed by atoms with Gasteiger partial charge in [-0.2, -0.15) is 0 Å². The largest absolute Gasteiger partial charge is 0.445 e. The molecule has 3 aliphatic rings. The first-order valence-corrected chi connectivity index (χ1v) is 14.9. The summed E-state index contributed by atoms with van der Waals surface area (Å²) in [6, 6.07) is 15.4. The van der Waals surface area contributed by atoms with Crippen LogP contribution in [0.3, 0.4) is 0 Å². The fourth-order valence-corrected chi connectivity index (χ4v) is 6.53. The highest BCUT2D eigenvalue weighted by molar-refractivity contribution is 6.00. The molecule has 3 fully saturated rings. The maximum absolute atomic E-state index is 15.1. The maximum Gasteiger partial charge on any atom is 0.407 e. The van der Waals surface area contributed by atoms with Gasteiger partial charge in [0.25, 0.3) is 0 Å². The van der Waals surface area contributed by atoms with E-state index in [0.29, 0.717) is 29.6 Å². The average Bonchev–Trinajstić information content (AvgIpc) is 2.98. The van der Waals surface area contributed by atoms with Crippen LogP contribution in [0.1, 0.15) is 68.4 Å². The Morgan fingerprint density at radius 1 is 1.02 bits per heavy atom. The van der Waals surface area contributed by atoms with Crippen molar-refractivity contribution in [3.63, 3.8) is 0 Å². The van der Waals surface area contributed by atoms with E-state index < -0.39 is 5.92 Å². The summed E-state index contributed by atoms with van der Waals surface area (Å²) >= 11 is 0. The van der Waals surface area contributed by atoms with E-state index in [2.05, 4.69) is 27.5 Å². The second-order valence-electron chi connectivity index (χ2n) is 11.8. The highest BCUT2D eigenvalue weighted by atomic mass is 19.1. The first-order chi connectivity index (χ1) is 19.9. The summed E-state index contributed by atoms with van der Waals surface area (Å²) in [6.07, 6.45) is 6.38. The molecule has 41 heavy (non-hydrogen) atoms. The molecule has 220 valence electrons. The zero-order chi connectivity index (χ0) is 28.8. The minimum absolute atomic E-state index is 0.166. The number of halogens is 1. The van der Waals surface area contributed by atoms with Gasteiger partial charge in [-0.3, -0.25) is 14.9 Å². The standard InChI is InChI=1S/C32H41FN4O4/c1-36(20-22-7-10-25(11-8-22)34-32(40)41-21-23-5-3-2-4-6-23)26-15-17-37(18-16-26)29-13-9-24(19-28(29)33)27-12-14-30(38)35-31(27)39/h2-6,9,13,19,22,25-27H,7-8,10-12,14-18,20-21H2,1H3,(H,34,40)(H,35,38,39). The fourth-order valence-electron chi connectivity index (χ4n) is 6.53. The lowest BCUT2D eigenvalue weighted by Gasteiger charge is -2.40. The molecule has 2 heterocycles. The van der Waals surface area contributed by atoms with Gasteiger partial charge in [0.05, 0.1) is 11.6 Å². The number of hydrogen-bond donors (Lipinski definition) is 2. The lowest BCUT2D eigenvalue weighted by molar-refractivity contribution is -0.134. The van der Waals surface area contributed by atoms with Crippen molar-refractivity contribution in [3.8, 4) is 0 Å². The van der Waals surface area contributed by atoms with Gasteiger partial charge in [0.1, 0.15) is 12.4 Å². The zero-order valence-electron chi connectivity index (χ0n) is 23.8. The van der Waals surface area contributed by atoms with Crippen molar-refractivity contribution in [2.75, 3.05) is 31.6 Å². The van der Waals surface area contributed by atoms with Crippen LogP contribution in [0, 0.1) is 11.7 Å². The number of alkyl carbamates (subject to hydrolysis) is 1. The molecule has 0 aromatic heterocycles. The third-order valence-corrected chi connectivity index (χ3v) is 8.97. The SMILES string of the molecule is CN(CC1CCC(NC(=O)OCc2ccccc2)CC1)C1CCN(c2ccc(C3CCC(=O)NC3=O)cc2F)CC1. The van der Waals surface area contributed by atoms with Gasteiger partial charge >= 0.3 is 6.09 Å². The molecule has 5 rings (SSSR count). The van der Waals surface area contributed by atoms with Gasteiger partial charge in [-0.1, -0.05) is 36.4 Å². The monoisotopic (exact) mass is 564 g/mol. The summed E-state index contributed by atoms with van der Waals surface area (Å²) in [6.45, 7) is 2.88. The molecule has 3 amide bonds. The van der Waals surface area contributed by atoms with E-state index in [0.717, 1.165) is 63.7 Å². The Kier molecular flexibility index (Phi) is 9.54. The molecular formula is C32H41FN4O4. The molecule has 2 saturated heterocycles. The number of anilines is 1. The second-order valence-corrected chi connectivity index (χ2v) is 11.8. The molecule has 9 heteroatoms. The fraction of sp³-hybridized carbons (Fsp3) is 0.531. The lowest BCUT2D eigenvalue weighted by Crippen LogP contribution is -2.46. The number of rotatable bonds is 8. The summed E-state index contributed by atoms with van der Waals surface area (Å²) in [5, 5.41) is 5.38. The summed E-state index contributed by atoms with van der Waals surface area (Å²) in [4.78, 5) is 40.4. The number of carbonyl (C=O) groups excluding carboxylic acids is 3. The van der Waals surface area contributed by atoms with Gasteiger partial charge in [-0.25, -0.2) is 9.18 Å². The van der Waals surface area contributed by atoms with Crippen molar-refractivity contribution in [3.05, 3.63) is 65.5 Å². The predicted molar refractivity (Wildman–Crippen MR) is 155 cm³/mol. The molecule has 1 unspecified atom stereocenters. The first kappa shape index (κ1) is 29.0.